The molecule has 0 aromatic rings. The minimum atomic E-state index is -2.09. The van der Waals surface area contributed by atoms with Gasteiger partial charge < -0.3 is 10.3 Å². The van der Waals surface area contributed by atoms with Gasteiger partial charge >= 0.3 is 9.28 Å². The van der Waals surface area contributed by atoms with Gasteiger partial charge in [0.25, 0.3) is 0 Å². The monoisotopic (exact) mass is 112 g/mol. The van der Waals surface area contributed by atoms with Crippen LogP contribution in [0.25, 0.3) is 0 Å². The highest BCUT2D eigenvalue weighted by Gasteiger charge is 1.90. The van der Waals surface area contributed by atoms with Gasteiger partial charge in [-0.05, 0) is 6.55 Å². The molecule has 0 aliphatic heterocycles. The summed E-state index contributed by atoms with van der Waals surface area (Å²) in [6.45, 7) is 1.44. The number of hydrogen-bond acceptors (Lipinski definition) is 3. The van der Waals surface area contributed by atoms with Crippen LogP contribution >= 0.6 is 0 Å². The zero-order chi connectivity index (χ0) is 4.28. The maximum absolute atomic E-state index is 8.03. The average Bonchev–Trinajstić information content (AvgIpc) is 1.38. The summed E-state index contributed by atoms with van der Waals surface area (Å²) in [5, 5.41) is 7.46. The van der Waals surface area contributed by atoms with Crippen molar-refractivity contribution in [2.75, 3.05) is 0 Å². The first-order valence-corrected chi connectivity index (χ1v) is 3.40. The standard InChI is InChI=1S/CH6O3Si.H2O/c1-5(3)4-2;/h2-3,5H,1H3;1H2. The normalized spacial score (nSPS) is 12.5. The zero-order valence-electron chi connectivity index (χ0n) is 3.38. The Morgan fingerprint density at radius 2 is 1.83 bits per heavy atom. The summed E-state index contributed by atoms with van der Waals surface area (Å²) < 4.78 is 3.44. The summed E-state index contributed by atoms with van der Waals surface area (Å²) in [5.74, 6) is 0. The van der Waals surface area contributed by atoms with Crippen molar-refractivity contribution < 1.29 is 20.1 Å². The summed E-state index contributed by atoms with van der Waals surface area (Å²) in [5.41, 5.74) is 0. The van der Waals surface area contributed by atoms with Gasteiger partial charge in [0.2, 0.25) is 0 Å². The van der Waals surface area contributed by atoms with Crippen molar-refractivity contribution in [1.82, 2.24) is 0 Å². The van der Waals surface area contributed by atoms with Gasteiger partial charge in [0, 0.05) is 0 Å². The molecule has 1 unspecified atom stereocenters. The van der Waals surface area contributed by atoms with Gasteiger partial charge in [0.1, 0.15) is 0 Å². The first-order chi connectivity index (χ1) is 2.27. The molecule has 0 radical (unpaired) electrons. The van der Waals surface area contributed by atoms with E-state index in [-0.39, 0.29) is 5.48 Å². The third-order valence-corrected chi connectivity index (χ3v) is 0.458. The molecule has 0 rings (SSSR count). The van der Waals surface area contributed by atoms with Crippen molar-refractivity contribution in [3.05, 3.63) is 0 Å². The maximum atomic E-state index is 8.03. The van der Waals surface area contributed by atoms with E-state index in [2.05, 4.69) is 4.58 Å². The summed E-state index contributed by atoms with van der Waals surface area (Å²) in [6.07, 6.45) is 0. The van der Waals surface area contributed by atoms with Crippen LogP contribution < -0.4 is 0 Å². The van der Waals surface area contributed by atoms with Crippen molar-refractivity contribution in [2.45, 2.75) is 6.55 Å². The Morgan fingerprint density at radius 3 is 1.83 bits per heavy atom. The summed E-state index contributed by atoms with van der Waals surface area (Å²) in [4.78, 5) is 8.03. The lowest BCUT2D eigenvalue weighted by atomic mass is 11.9. The SMILES string of the molecule is C[SiH](O)OO.O. The molecule has 6 heavy (non-hydrogen) atoms. The second-order valence-corrected chi connectivity index (χ2v) is 2.11. The summed E-state index contributed by atoms with van der Waals surface area (Å²) in [6, 6.07) is 0. The molecule has 0 bridgehead atoms. The van der Waals surface area contributed by atoms with Gasteiger partial charge in [-0.2, -0.15) is 0 Å². The van der Waals surface area contributed by atoms with Crippen LogP contribution in [0.3, 0.4) is 0 Å². The minimum absolute atomic E-state index is 0. The Labute approximate surface area is 37.1 Å². The van der Waals surface area contributed by atoms with Crippen molar-refractivity contribution in [3.8, 4) is 0 Å². The van der Waals surface area contributed by atoms with E-state index in [1.165, 1.54) is 6.55 Å². The molecular formula is CH8O4Si. The van der Waals surface area contributed by atoms with Crippen LogP contribution in [0, 0.1) is 0 Å². The molecule has 0 aliphatic rings. The smallest absolute Gasteiger partial charge is 0.354 e. The fourth-order valence-corrected chi connectivity index (χ4v) is 0. The highest BCUT2D eigenvalue weighted by molar-refractivity contribution is 6.40. The second-order valence-electron chi connectivity index (χ2n) is 0.705. The minimum Gasteiger partial charge on any atom is -0.412 e. The van der Waals surface area contributed by atoms with Crippen molar-refractivity contribution in [2.24, 2.45) is 0 Å². The Hall–Kier alpha value is 0.0569. The van der Waals surface area contributed by atoms with Gasteiger partial charge in [-0.3, -0.25) is 9.83 Å². The molecule has 1 atom stereocenters. The average molecular weight is 112 g/mol. The highest BCUT2D eigenvalue weighted by atomic mass is 28.3. The lowest BCUT2D eigenvalue weighted by Crippen LogP contribution is -2.07. The number of rotatable bonds is 1. The van der Waals surface area contributed by atoms with E-state index >= 15 is 0 Å². The zero-order valence-corrected chi connectivity index (χ0v) is 4.53. The van der Waals surface area contributed by atoms with Crippen molar-refractivity contribution >= 4 is 9.28 Å². The molecule has 4 N–H and O–H groups in total. The van der Waals surface area contributed by atoms with Gasteiger partial charge in [0.15, 0.2) is 0 Å². The predicted molar refractivity (Wildman–Crippen MR) is 22.6 cm³/mol. The Balaban J connectivity index is 0. The quantitative estimate of drug-likeness (QED) is 0.246. The Kier molecular flexibility index (Phi) is 7.93. The lowest BCUT2D eigenvalue weighted by Gasteiger charge is -1.87. The van der Waals surface area contributed by atoms with Crippen LogP contribution in [-0.4, -0.2) is 24.8 Å². The molecule has 0 saturated carbocycles. The number of hydrogen-bond donors (Lipinski definition) is 2. The first kappa shape index (κ1) is 9.41. The van der Waals surface area contributed by atoms with E-state index < -0.39 is 9.28 Å². The fraction of sp³-hybridized carbons (Fsp3) is 1.00. The third kappa shape index (κ3) is 8.96. The topological polar surface area (TPSA) is 81.2 Å². The maximum Gasteiger partial charge on any atom is 0.354 e. The van der Waals surface area contributed by atoms with Gasteiger partial charge in [-0.15, -0.1) is 0 Å². The molecule has 0 aromatic carbocycles. The molecule has 0 spiro atoms. The lowest BCUT2D eigenvalue weighted by molar-refractivity contribution is -0.156. The van der Waals surface area contributed by atoms with Gasteiger partial charge in [-0.25, -0.2) is 0 Å². The molecule has 40 valence electrons. The Morgan fingerprint density at radius 1 is 1.67 bits per heavy atom. The summed E-state index contributed by atoms with van der Waals surface area (Å²) in [7, 11) is -2.09. The van der Waals surface area contributed by atoms with E-state index in [1.807, 2.05) is 0 Å². The molecule has 0 fully saturated rings. The van der Waals surface area contributed by atoms with E-state index in [0.717, 1.165) is 0 Å². The van der Waals surface area contributed by atoms with Crippen LogP contribution in [0.5, 0.6) is 0 Å². The van der Waals surface area contributed by atoms with E-state index in [4.69, 9.17) is 10.1 Å². The Bertz CT molecular complexity index is 21.5. The van der Waals surface area contributed by atoms with Crippen LogP contribution in [0.15, 0.2) is 0 Å². The van der Waals surface area contributed by atoms with Gasteiger partial charge in [-0.1, -0.05) is 0 Å². The van der Waals surface area contributed by atoms with E-state index in [0.29, 0.717) is 0 Å². The molecule has 0 heterocycles. The predicted octanol–water partition coefficient (Wildman–Crippen LogP) is -1.51. The van der Waals surface area contributed by atoms with Crippen LogP contribution in [-0.2, 0) is 4.58 Å². The highest BCUT2D eigenvalue weighted by Crippen LogP contribution is 1.66. The van der Waals surface area contributed by atoms with Crippen molar-refractivity contribution in [1.29, 1.82) is 0 Å². The largest absolute Gasteiger partial charge is 0.412 e. The first-order valence-electron chi connectivity index (χ1n) is 1.25. The molecule has 0 aromatic heterocycles. The fourth-order valence-electron chi connectivity index (χ4n) is 0. The third-order valence-electron chi connectivity index (χ3n) is 0.153. The molecule has 5 heteroatoms. The van der Waals surface area contributed by atoms with Crippen LogP contribution in [0.4, 0.5) is 0 Å². The summed E-state index contributed by atoms with van der Waals surface area (Å²) >= 11 is 0. The second kappa shape index (κ2) is 5.06. The molecule has 0 amide bonds. The molecule has 0 aliphatic carbocycles. The van der Waals surface area contributed by atoms with E-state index in [1.54, 1.807) is 0 Å². The van der Waals surface area contributed by atoms with Crippen LogP contribution in [0.2, 0.25) is 6.55 Å². The van der Waals surface area contributed by atoms with Gasteiger partial charge in [0.05, 0.1) is 0 Å². The molecule has 0 saturated heterocycles. The van der Waals surface area contributed by atoms with E-state index in [9.17, 15) is 0 Å². The molecule has 4 nitrogen and oxygen atoms in total. The molecular weight excluding hydrogens is 104 g/mol. The van der Waals surface area contributed by atoms with Crippen molar-refractivity contribution in [3.63, 3.8) is 0 Å². The van der Waals surface area contributed by atoms with Crippen LogP contribution in [0.1, 0.15) is 0 Å².